The van der Waals surface area contributed by atoms with Crippen LogP contribution in [0.2, 0.25) is 5.02 Å². The van der Waals surface area contributed by atoms with Crippen molar-refractivity contribution in [3.8, 4) is 0 Å². The van der Waals surface area contributed by atoms with Crippen LogP contribution in [0.3, 0.4) is 0 Å². The first-order valence-electron chi connectivity index (χ1n) is 6.76. The van der Waals surface area contributed by atoms with Crippen molar-refractivity contribution in [3.05, 3.63) is 41.0 Å². The molecule has 6 heteroatoms. The summed E-state index contributed by atoms with van der Waals surface area (Å²) < 4.78 is 10.8. The van der Waals surface area contributed by atoms with Gasteiger partial charge in [0.2, 0.25) is 0 Å². The summed E-state index contributed by atoms with van der Waals surface area (Å²) in [6, 6.07) is 8.97. The molecule has 21 heavy (non-hydrogen) atoms. The lowest BCUT2D eigenvalue weighted by Crippen LogP contribution is -2.39. The van der Waals surface area contributed by atoms with Crippen LogP contribution in [0.1, 0.15) is 10.5 Å². The zero-order chi connectivity index (χ0) is 14.7. The first-order chi connectivity index (χ1) is 10.2. The van der Waals surface area contributed by atoms with Gasteiger partial charge < -0.3 is 14.8 Å². The van der Waals surface area contributed by atoms with E-state index in [-0.39, 0.29) is 12.0 Å². The molecule has 1 aromatic carbocycles. The van der Waals surface area contributed by atoms with Crippen LogP contribution in [-0.4, -0.2) is 43.4 Å². The maximum absolute atomic E-state index is 12.1. The van der Waals surface area contributed by atoms with Crippen molar-refractivity contribution in [2.75, 3.05) is 26.4 Å². The van der Waals surface area contributed by atoms with Gasteiger partial charge in [-0.2, -0.15) is 0 Å². The fraction of sp³-hybridized carbons (Fsp3) is 0.333. The maximum atomic E-state index is 12.1. The van der Waals surface area contributed by atoms with Gasteiger partial charge in [-0.3, -0.25) is 4.79 Å². The normalized spacial score (nSPS) is 18.6. The van der Waals surface area contributed by atoms with Crippen LogP contribution in [0, 0.1) is 0 Å². The maximum Gasteiger partial charge on any atom is 0.269 e. The number of fused-ring (bicyclic) bond motifs is 1. The molecule has 1 aliphatic rings. The van der Waals surface area contributed by atoms with Crippen molar-refractivity contribution in [1.82, 2.24) is 10.3 Å². The van der Waals surface area contributed by atoms with Gasteiger partial charge in [-0.25, -0.2) is 4.98 Å². The molecule has 2 aromatic rings. The summed E-state index contributed by atoms with van der Waals surface area (Å²) in [5, 5.41) is 4.35. The number of rotatable bonds is 3. The summed E-state index contributed by atoms with van der Waals surface area (Å²) >= 11 is 5.94. The van der Waals surface area contributed by atoms with Crippen LogP contribution in [0.15, 0.2) is 30.3 Å². The van der Waals surface area contributed by atoms with Crippen LogP contribution in [0.4, 0.5) is 0 Å². The molecule has 5 nitrogen and oxygen atoms in total. The van der Waals surface area contributed by atoms with E-state index in [1.165, 1.54) is 0 Å². The molecule has 0 radical (unpaired) electrons. The molecule has 1 fully saturated rings. The Hall–Kier alpha value is -1.69. The molecule has 1 saturated heterocycles. The lowest BCUT2D eigenvalue weighted by molar-refractivity contribution is -0.0855. The SMILES string of the molecule is O=C(NCC1COCCO1)c1ccc2ccc(Cl)cc2n1. The highest BCUT2D eigenvalue weighted by Crippen LogP contribution is 2.17. The number of pyridine rings is 1. The number of carbonyl (C=O) groups excluding carboxylic acids is 1. The van der Waals surface area contributed by atoms with Crippen LogP contribution in [0.5, 0.6) is 0 Å². The van der Waals surface area contributed by atoms with Gasteiger partial charge in [0.25, 0.3) is 5.91 Å². The molecule has 1 aliphatic heterocycles. The third kappa shape index (κ3) is 3.50. The Morgan fingerprint density at radius 2 is 2.19 bits per heavy atom. The molecule has 1 aromatic heterocycles. The largest absolute Gasteiger partial charge is 0.376 e. The predicted molar refractivity (Wildman–Crippen MR) is 79.6 cm³/mol. The van der Waals surface area contributed by atoms with Crippen LogP contribution in [-0.2, 0) is 9.47 Å². The molecule has 0 spiro atoms. The first-order valence-corrected chi connectivity index (χ1v) is 7.14. The van der Waals surface area contributed by atoms with E-state index in [1.54, 1.807) is 18.2 Å². The highest BCUT2D eigenvalue weighted by atomic mass is 35.5. The van der Waals surface area contributed by atoms with Crippen LogP contribution in [0.25, 0.3) is 10.9 Å². The average Bonchev–Trinajstić information content (AvgIpc) is 2.53. The van der Waals surface area contributed by atoms with Crippen molar-refractivity contribution in [2.24, 2.45) is 0 Å². The molecule has 0 bridgehead atoms. The molecule has 1 N–H and O–H groups in total. The second-order valence-electron chi connectivity index (χ2n) is 4.81. The summed E-state index contributed by atoms with van der Waals surface area (Å²) in [7, 11) is 0. The van der Waals surface area contributed by atoms with Gasteiger partial charge in [0.05, 0.1) is 31.4 Å². The second kappa shape index (κ2) is 6.39. The molecular weight excluding hydrogens is 292 g/mol. The predicted octanol–water partition coefficient (Wildman–Crippen LogP) is 2.03. The minimum atomic E-state index is -0.231. The summed E-state index contributed by atoms with van der Waals surface area (Å²) in [4.78, 5) is 16.4. The molecule has 0 saturated carbocycles. The lowest BCUT2D eigenvalue weighted by atomic mass is 10.2. The van der Waals surface area contributed by atoms with E-state index < -0.39 is 0 Å². The minimum absolute atomic E-state index is 0.0994. The lowest BCUT2D eigenvalue weighted by Gasteiger charge is -2.22. The summed E-state index contributed by atoms with van der Waals surface area (Å²) in [5.74, 6) is -0.231. The van der Waals surface area contributed by atoms with Crippen LogP contribution < -0.4 is 5.32 Å². The molecule has 1 amide bonds. The highest BCUT2D eigenvalue weighted by Gasteiger charge is 2.16. The van der Waals surface area contributed by atoms with E-state index in [1.807, 2.05) is 12.1 Å². The van der Waals surface area contributed by atoms with Gasteiger partial charge >= 0.3 is 0 Å². The first kappa shape index (κ1) is 14.3. The Balaban J connectivity index is 1.68. The number of carbonyl (C=O) groups is 1. The quantitative estimate of drug-likeness (QED) is 0.942. The standard InChI is InChI=1S/C15H15ClN2O3/c16-11-3-1-10-2-4-13(18-14(10)7-11)15(19)17-8-12-9-20-5-6-21-12/h1-4,7,12H,5-6,8-9H2,(H,17,19). The van der Waals surface area contributed by atoms with E-state index in [0.717, 1.165) is 5.39 Å². The van der Waals surface area contributed by atoms with Gasteiger partial charge in [0, 0.05) is 17.0 Å². The number of hydrogen-bond acceptors (Lipinski definition) is 4. The van der Waals surface area contributed by atoms with Gasteiger partial charge in [0.15, 0.2) is 0 Å². The molecule has 0 aliphatic carbocycles. The number of nitrogens with one attached hydrogen (secondary N) is 1. The van der Waals surface area contributed by atoms with Crippen molar-refractivity contribution in [3.63, 3.8) is 0 Å². The Morgan fingerprint density at radius 1 is 1.33 bits per heavy atom. The fourth-order valence-electron chi connectivity index (χ4n) is 2.17. The van der Waals surface area contributed by atoms with E-state index in [0.29, 0.717) is 42.6 Å². The van der Waals surface area contributed by atoms with E-state index in [4.69, 9.17) is 21.1 Å². The third-order valence-corrected chi connectivity index (χ3v) is 3.50. The zero-order valence-corrected chi connectivity index (χ0v) is 12.1. The topological polar surface area (TPSA) is 60.5 Å². The monoisotopic (exact) mass is 306 g/mol. The van der Waals surface area contributed by atoms with E-state index in [2.05, 4.69) is 10.3 Å². The number of hydrogen-bond donors (Lipinski definition) is 1. The molecular formula is C15H15ClN2O3. The highest BCUT2D eigenvalue weighted by molar-refractivity contribution is 6.31. The average molecular weight is 307 g/mol. The smallest absolute Gasteiger partial charge is 0.269 e. The summed E-state index contributed by atoms with van der Waals surface area (Å²) in [6.07, 6.45) is -0.0994. The van der Waals surface area contributed by atoms with Crippen molar-refractivity contribution in [1.29, 1.82) is 0 Å². The van der Waals surface area contributed by atoms with Gasteiger partial charge in [0.1, 0.15) is 5.69 Å². The van der Waals surface area contributed by atoms with Gasteiger partial charge in [-0.05, 0) is 18.2 Å². The van der Waals surface area contributed by atoms with Crippen molar-refractivity contribution in [2.45, 2.75) is 6.10 Å². The zero-order valence-electron chi connectivity index (χ0n) is 11.3. The summed E-state index contributed by atoms with van der Waals surface area (Å²) in [5.41, 5.74) is 1.06. The Labute approximate surface area is 127 Å². The molecule has 3 rings (SSSR count). The van der Waals surface area contributed by atoms with Crippen LogP contribution >= 0.6 is 11.6 Å². The van der Waals surface area contributed by atoms with Crippen molar-refractivity contribution < 1.29 is 14.3 Å². The van der Waals surface area contributed by atoms with Gasteiger partial charge in [-0.1, -0.05) is 23.7 Å². The van der Waals surface area contributed by atoms with Gasteiger partial charge in [-0.15, -0.1) is 0 Å². The summed E-state index contributed by atoms with van der Waals surface area (Å²) in [6.45, 7) is 2.08. The van der Waals surface area contributed by atoms with E-state index >= 15 is 0 Å². The second-order valence-corrected chi connectivity index (χ2v) is 5.25. The third-order valence-electron chi connectivity index (χ3n) is 3.26. The molecule has 110 valence electrons. The number of nitrogens with zero attached hydrogens (tertiary/aromatic N) is 1. The Morgan fingerprint density at radius 3 is 3.00 bits per heavy atom. The number of benzene rings is 1. The van der Waals surface area contributed by atoms with Crippen molar-refractivity contribution >= 4 is 28.4 Å². The Kier molecular flexibility index (Phi) is 4.34. The number of amides is 1. The fourth-order valence-corrected chi connectivity index (χ4v) is 2.33. The number of halogens is 1. The molecule has 2 heterocycles. The molecule has 1 atom stereocenters. The molecule has 1 unspecified atom stereocenters. The van der Waals surface area contributed by atoms with E-state index in [9.17, 15) is 4.79 Å². The Bertz CT molecular complexity index is 656. The minimum Gasteiger partial charge on any atom is -0.376 e. The number of ether oxygens (including phenoxy) is 2. The number of aromatic nitrogens is 1.